The Labute approximate surface area is 113 Å². The summed E-state index contributed by atoms with van der Waals surface area (Å²) < 4.78 is 0. The number of aromatic nitrogens is 2. The van der Waals surface area contributed by atoms with Crippen molar-refractivity contribution in [3.8, 4) is 0 Å². The Kier molecular flexibility index (Phi) is 4.57. The number of carbonyl (C=O) groups excluding carboxylic acids is 2. The molecule has 2 N–H and O–H groups in total. The zero-order valence-corrected chi connectivity index (χ0v) is 10.8. The first kappa shape index (κ1) is 13.2. The molecule has 0 spiro atoms. The summed E-state index contributed by atoms with van der Waals surface area (Å²) in [4.78, 5) is 30.9. The van der Waals surface area contributed by atoms with Gasteiger partial charge in [-0.15, -0.1) is 11.3 Å². The summed E-state index contributed by atoms with van der Waals surface area (Å²) in [7, 11) is 0. The molecule has 2 aromatic rings. The maximum absolute atomic E-state index is 11.6. The van der Waals surface area contributed by atoms with Gasteiger partial charge in [0.2, 0.25) is 0 Å². The number of rotatable bonds is 5. The zero-order chi connectivity index (χ0) is 13.5. The summed E-state index contributed by atoms with van der Waals surface area (Å²) in [6.45, 7) is 0.700. The fourth-order valence-electron chi connectivity index (χ4n) is 1.37. The highest BCUT2D eigenvalue weighted by molar-refractivity contribution is 7.07. The van der Waals surface area contributed by atoms with Gasteiger partial charge < -0.3 is 10.6 Å². The highest BCUT2D eigenvalue weighted by atomic mass is 32.1. The first-order valence-electron chi connectivity index (χ1n) is 5.62. The highest BCUT2D eigenvalue weighted by Gasteiger charge is 2.07. The monoisotopic (exact) mass is 276 g/mol. The first-order valence-corrected chi connectivity index (χ1v) is 6.56. The summed E-state index contributed by atoms with van der Waals surface area (Å²) in [5.74, 6) is -0.451. The van der Waals surface area contributed by atoms with Crippen LogP contribution in [0.25, 0.3) is 0 Å². The van der Waals surface area contributed by atoms with Crippen molar-refractivity contribution in [3.05, 3.63) is 46.7 Å². The molecule has 0 aromatic carbocycles. The van der Waals surface area contributed by atoms with E-state index in [9.17, 15) is 9.59 Å². The predicted octanol–water partition coefficient (Wildman–Crippen LogP) is 0.698. The molecule has 0 bridgehead atoms. The van der Waals surface area contributed by atoms with Gasteiger partial charge in [0.25, 0.3) is 11.8 Å². The minimum Gasteiger partial charge on any atom is -0.350 e. The summed E-state index contributed by atoms with van der Waals surface area (Å²) in [5.41, 5.74) is 2.48. The van der Waals surface area contributed by atoms with Gasteiger partial charge in [-0.3, -0.25) is 14.6 Å². The van der Waals surface area contributed by atoms with Crippen molar-refractivity contribution >= 4 is 23.2 Å². The van der Waals surface area contributed by atoms with Crippen molar-refractivity contribution < 1.29 is 9.59 Å². The van der Waals surface area contributed by atoms with Crippen LogP contribution in [0.5, 0.6) is 0 Å². The quantitative estimate of drug-likeness (QED) is 0.787. The molecule has 0 unspecified atom stereocenters. The Morgan fingerprint density at radius 3 is 2.63 bits per heavy atom. The lowest BCUT2D eigenvalue weighted by molar-refractivity contribution is 0.0925. The van der Waals surface area contributed by atoms with Crippen LogP contribution >= 0.6 is 11.3 Å². The van der Waals surface area contributed by atoms with Crippen molar-refractivity contribution in [2.24, 2.45) is 0 Å². The second kappa shape index (κ2) is 6.60. The van der Waals surface area contributed by atoms with Gasteiger partial charge in [0.15, 0.2) is 0 Å². The number of amides is 2. The Morgan fingerprint density at radius 1 is 1.21 bits per heavy atom. The van der Waals surface area contributed by atoms with Crippen LogP contribution in [0.4, 0.5) is 0 Å². The van der Waals surface area contributed by atoms with Crippen LogP contribution in [0.15, 0.2) is 35.4 Å². The number of nitrogens with one attached hydrogen (secondary N) is 2. The molecular formula is C12H12N4O2S. The van der Waals surface area contributed by atoms with E-state index in [0.717, 1.165) is 0 Å². The summed E-state index contributed by atoms with van der Waals surface area (Å²) in [6, 6.07) is 3.37. The summed E-state index contributed by atoms with van der Waals surface area (Å²) >= 11 is 1.36. The number of hydrogen-bond donors (Lipinski definition) is 2. The van der Waals surface area contributed by atoms with E-state index in [4.69, 9.17) is 0 Å². The fraction of sp³-hybridized carbons (Fsp3) is 0.167. The average Bonchev–Trinajstić information content (AvgIpc) is 2.98. The molecule has 98 valence electrons. The van der Waals surface area contributed by atoms with Gasteiger partial charge in [-0.1, -0.05) is 0 Å². The van der Waals surface area contributed by atoms with Gasteiger partial charge in [-0.05, 0) is 12.1 Å². The molecule has 2 amide bonds. The van der Waals surface area contributed by atoms with Crippen LogP contribution in [-0.4, -0.2) is 34.9 Å². The Balaban J connectivity index is 1.70. The van der Waals surface area contributed by atoms with Gasteiger partial charge in [0.1, 0.15) is 5.69 Å². The molecule has 2 aromatic heterocycles. The highest BCUT2D eigenvalue weighted by Crippen LogP contribution is 1.99. The SMILES string of the molecule is O=C(NCCNC(=O)c1cscn1)c1cccnc1. The second-order valence-electron chi connectivity index (χ2n) is 3.63. The van der Waals surface area contributed by atoms with E-state index in [2.05, 4.69) is 20.6 Å². The molecule has 19 heavy (non-hydrogen) atoms. The van der Waals surface area contributed by atoms with Gasteiger partial charge in [0.05, 0.1) is 11.1 Å². The topological polar surface area (TPSA) is 84.0 Å². The lowest BCUT2D eigenvalue weighted by Gasteiger charge is -2.05. The van der Waals surface area contributed by atoms with Crippen LogP contribution in [0.1, 0.15) is 20.8 Å². The Bertz CT molecular complexity index is 542. The molecule has 0 fully saturated rings. The predicted molar refractivity (Wildman–Crippen MR) is 71.0 cm³/mol. The zero-order valence-electron chi connectivity index (χ0n) is 10.00. The van der Waals surface area contributed by atoms with Gasteiger partial charge in [-0.25, -0.2) is 4.98 Å². The minimum atomic E-state index is -0.239. The van der Waals surface area contributed by atoms with E-state index >= 15 is 0 Å². The Hall–Kier alpha value is -2.28. The van der Waals surface area contributed by atoms with E-state index in [0.29, 0.717) is 24.3 Å². The summed E-state index contributed by atoms with van der Waals surface area (Å²) in [6.07, 6.45) is 3.09. The van der Waals surface area contributed by atoms with E-state index in [1.165, 1.54) is 17.5 Å². The van der Waals surface area contributed by atoms with Gasteiger partial charge >= 0.3 is 0 Å². The molecular weight excluding hydrogens is 264 g/mol. The normalized spacial score (nSPS) is 9.89. The van der Waals surface area contributed by atoms with Crippen LogP contribution in [0.2, 0.25) is 0 Å². The number of nitrogens with zero attached hydrogens (tertiary/aromatic N) is 2. The van der Waals surface area contributed by atoms with Gasteiger partial charge in [-0.2, -0.15) is 0 Å². The number of thiazole rings is 1. The molecule has 0 aliphatic carbocycles. The van der Waals surface area contributed by atoms with Crippen LogP contribution in [0, 0.1) is 0 Å². The summed E-state index contributed by atoms with van der Waals surface area (Å²) in [5, 5.41) is 7.03. The third-order valence-electron chi connectivity index (χ3n) is 2.28. The van der Waals surface area contributed by atoms with Gasteiger partial charge in [0, 0.05) is 30.9 Å². The number of hydrogen-bond acceptors (Lipinski definition) is 5. The van der Waals surface area contributed by atoms with Crippen molar-refractivity contribution in [2.45, 2.75) is 0 Å². The molecule has 2 heterocycles. The molecule has 0 radical (unpaired) electrons. The number of pyridine rings is 1. The molecule has 0 aliphatic heterocycles. The van der Waals surface area contributed by atoms with E-state index in [-0.39, 0.29) is 11.8 Å². The largest absolute Gasteiger partial charge is 0.350 e. The third-order valence-corrected chi connectivity index (χ3v) is 2.87. The van der Waals surface area contributed by atoms with Crippen molar-refractivity contribution in [1.82, 2.24) is 20.6 Å². The van der Waals surface area contributed by atoms with Crippen LogP contribution in [0.3, 0.4) is 0 Å². The van der Waals surface area contributed by atoms with Crippen LogP contribution < -0.4 is 10.6 Å². The molecule has 6 nitrogen and oxygen atoms in total. The van der Waals surface area contributed by atoms with Crippen molar-refractivity contribution in [2.75, 3.05) is 13.1 Å². The standard InChI is InChI=1S/C12H12N4O2S/c17-11(9-2-1-3-13-6-9)14-4-5-15-12(18)10-7-19-8-16-10/h1-3,6-8H,4-5H2,(H,14,17)(H,15,18). The maximum atomic E-state index is 11.6. The van der Waals surface area contributed by atoms with Crippen LogP contribution in [-0.2, 0) is 0 Å². The van der Waals surface area contributed by atoms with Crippen molar-refractivity contribution in [3.63, 3.8) is 0 Å². The fourth-order valence-corrected chi connectivity index (χ4v) is 1.90. The number of carbonyl (C=O) groups is 2. The molecule has 0 saturated heterocycles. The smallest absolute Gasteiger partial charge is 0.270 e. The Morgan fingerprint density at radius 2 is 2.00 bits per heavy atom. The van der Waals surface area contributed by atoms with E-state index < -0.39 is 0 Å². The first-order chi connectivity index (χ1) is 9.27. The lowest BCUT2D eigenvalue weighted by atomic mass is 10.3. The maximum Gasteiger partial charge on any atom is 0.270 e. The average molecular weight is 276 g/mol. The van der Waals surface area contributed by atoms with E-state index in [1.807, 2.05) is 0 Å². The van der Waals surface area contributed by atoms with E-state index in [1.54, 1.807) is 29.2 Å². The third kappa shape index (κ3) is 3.85. The molecule has 0 saturated carbocycles. The minimum absolute atomic E-state index is 0.212. The molecule has 0 atom stereocenters. The second-order valence-corrected chi connectivity index (χ2v) is 4.35. The van der Waals surface area contributed by atoms with Crippen molar-refractivity contribution in [1.29, 1.82) is 0 Å². The lowest BCUT2D eigenvalue weighted by Crippen LogP contribution is -2.34. The molecule has 7 heteroatoms. The molecule has 0 aliphatic rings. The molecule has 2 rings (SSSR count).